The van der Waals surface area contributed by atoms with Crippen molar-refractivity contribution in [1.29, 1.82) is 0 Å². The lowest BCUT2D eigenvalue weighted by Crippen LogP contribution is -2.39. The number of alkyl halides is 1. The van der Waals surface area contributed by atoms with E-state index in [0.717, 1.165) is 79.2 Å². The summed E-state index contributed by atoms with van der Waals surface area (Å²) in [5.41, 5.74) is 4.87. The number of nitrogens with zero attached hydrogens (tertiary/aromatic N) is 2. The van der Waals surface area contributed by atoms with E-state index in [4.69, 9.17) is 9.53 Å². The van der Waals surface area contributed by atoms with Crippen LogP contribution in [0.4, 0.5) is 5.69 Å². The van der Waals surface area contributed by atoms with Crippen LogP contribution in [-0.2, 0) is 9.59 Å². The van der Waals surface area contributed by atoms with Crippen molar-refractivity contribution >= 4 is 42.8 Å². The van der Waals surface area contributed by atoms with Crippen LogP contribution >= 0.6 is 11.6 Å². The monoisotopic (exact) mass is 654 g/mol. The van der Waals surface area contributed by atoms with E-state index in [2.05, 4.69) is 55.9 Å². The van der Waals surface area contributed by atoms with Gasteiger partial charge in [-0.15, -0.1) is 11.6 Å². The van der Waals surface area contributed by atoms with Crippen molar-refractivity contribution in [1.82, 2.24) is 16.0 Å². The van der Waals surface area contributed by atoms with Gasteiger partial charge in [0.25, 0.3) is 0 Å². The number of carbonyl (C=O) groups excluding carboxylic acids is 2. The van der Waals surface area contributed by atoms with Crippen molar-refractivity contribution in [2.45, 2.75) is 64.3 Å². The molecule has 3 atom stereocenters. The fourth-order valence-corrected chi connectivity index (χ4v) is 5.85. The van der Waals surface area contributed by atoms with Gasteiger partial charge in [-0.1, -0.05) is 43.2 Å². The molecule has 1 saturated carbocycles. The van der Waals surface area contributed by atoms with Gasteiger partial charge in [0.15, 0.2) is 6.29 Å². The molecule has 2 aliphatic rings. The van der Waals surface area contributed by atoms with Crippen LogP contribution in [0.25, 0.3) is 0 Å². The van der Waals surface area contributed by atoms with Crippen molar-refractivity contribution in [3.63, 3.8) is 0 Å². The molecule has 2 aromatic rings. The summed E-state index contributed by atoms with van der Waals surface area (Å²) in [5, 5.41) is 21.4. The van der Waals surface area contributed by atoms with Crippen molar-refractivity contribution in [3.8, 4) is 5.75 Å². The molecular formula is C36H55ClN6O3. The van der Waals surface area contributed by atoms with Gasteiger partial charge in [0.1, 0.15) is 12.5 Å². The van der Waals surface area contributed by atoms with Gasteiger partial charge in [-0.3, -0.25) is 4.79 Å². The van der Waals surface area contributed by atoms with E-state index in [1.807, 2.05) is 76.3 Å². The van der Waals surface area contributed by atoms with Gasteiger partial charge < -0.3 is 30.8 Å². The number of halogens is 1. The first kappa shape index (κ1) is 40.3. The summed E-state index contributed by atoms with van der Waals surface area (Å²) in [6.45, 7) is 9.94. The molecule has 0 spiro atoms. The van der Waals surface area contributed by atoms with Crippen LogP contribution in [0.3, 0.4) is 0 Å². The second-order valence-electron chi connectivity index (χ2n) is 11.0. The van der Waals surface area contributed by atoms with Gasteiger partial charge in [-0.05, 0) is 82.2 Å². The molecule has 1 aliphatic carbocycles. The van der Waals surface area contributed by atoms with Crippen LogP contribution in [0.2, 0.25) is 0 Å². The molecule has 10 heteroatoms. The number of piperidine rings is 1. The number of aldehydes is 1. The number of hydrogen-bond donors (Lipinski definition) is 4. The maximum absolute atomic E-state index is 11.8. The molecule has 254 valence electrons. The van der Waals surface area contributed by atoms with E-state index in [1.165, 1.54) is 32.1 Å². The Bertz CT molecular complexity index is 1180. The highest BCUT2D eigenvalue weighted by molar-refractivity contribution is 6.15. The molecule has 0 radical (unpaired) electrons. The number of carbonyl (C=O) groups is 2. The number of para-hydroxylation sites is 2. The lowest BCUT2D eigenvalue weighted by atomic mass is 9.78. The predicted octanol–water partition coefficient (Wildman–Crippen LogP) is 6.45. The maximum Gasteiger partial charge on any atom is 0.167 e. The van der Waals surface area contributed by atoms with Crippen molar-refractivity contribution in [2.24, 2.45) is 22.0 Å². The first-order chi connectivity index (χ1) is 22.6. The minimum absolute atomic E-state index is 0.431. The van der Waals surface area contributed by atoms with Gasteiger partial charge >= 0.3 is 0 Å². The van der Waals surface area contributed by atoms with Crippen LogP contribution in [0.1, 0.15) is 63.9 Å². The molecule has 3 unspecified atom stereocenters. The Hall–Kier alpha value is -3.69. The van der Waals surface area contributed by atoms with E-state index in [9.17, 15) is 4.79 Å². The van der Waals surface area contributed by atoms with Gasteiger partial charge in [0, 0.05) is 62.6 Å². The fraction of sp³-hybridized carbons (Fsp3) is 0.500. The Morgan fingerprint density at radius 2 is 1.74 bits per heavy atom. The fourth-order valence-electron chi connectivity index (χ4n) is 5.85. The minimum Gasteiger partial charge on any atom is -0.493 e. The zero-order chi connectivity index (χ0) is 34.0. The van der Waals surface area contributed by atoms with Gasteiger partial charge in [0.05, 0.1) is 18.0 Å². The molecule has 0 aromatic heterocycles. The number of ether oxygens (including phenoxy) is 1. The van der Waals surface area contributed by atoms with E-state index in [-0.39, 0.29) is 0 Å². The third-order valence-corrected chi connectivity index (χ3v) is 8.15. The topological polar surface area (TPSA) is 116 Å². The Labute approximate surface area is 281 Å². The molecule has 46 heavy (non-hydrogen) atoms. The molecule has 0 amide bonds. The minimum atomic E-state index is 0.431. The van der Waals surface area contributed by atoms with Gasteiger partial charge in [-0.2, -0.15) is 10.2 Å². The van der Waals surface area contributed by atoms with E-state index >= 15 is 0 Å². The number of anilines is 1. The largest absolute Gasteiger partial charge is 0.493 e. The summed E-state index contributed by atoms with van der Waals surface area (Å²) in [4.78, 5) is 19.8. The third-order valence-electron chi connectivity index (χ3n) is 8.15. The zero-order valence-electron chi connectivity index (χ0n) is 28.2. The van der Waals surface area contributed by atoms with E-state index < -0.39 is 0 Å². The van der Waals surface area contributed by atoms with Crippen LogP contribution in [0, 0.1) is 11.8 Å². The number of nitrogens with one attached hydrogen (secondary N) is 4. The summed E-state index contributed by atoms with van der Waals surface area (Å²) in [5.74, 6) is 2.07. The average molecular weight is 655 g/mol. The molecule has 2 aromatic carbocycles. The molecule has 1 aliphatic heterocycles. The Kier molecular flexibility index (Phi) is 22.4. The summed E-state index contributed by atoms with van der Waals surface area (Å²) in [6.07, 6.45) is 11.2. The molecule has 1 saturated heterocycles. The average Bonchev–Trinajstić information content (AvgIpc) is 3.13. The lowest BCUT2D eigenvalue weighted by molar-refractivity contribution is -0.105. The van der Waals surface area contributed by atoms with E-state index in [0.29, 0.717) is 24.5 Å². The maximum atomic E-state index is 11.8. The van der Waals surface area contributed by atoms with Crippen LogP contribution < -0.4 is 26.0 Å². The SMILES string of the molecule is C=N/N=C(\CCC1CCCC(CN/C(C=O)=C2\CC(NC)CCN2)C1)c1ccccc1OCC.C=O.CCl.CNc1ccccc1. The summed E-state index contributed by atoms with van der Waals surface area (Å²) in [7, 11) is 3.90. The van der Waals surface area contributed by atoms with Gasteiger partial charge in [0.2, 0.25) is 0 Å². The quantitative estimate of drug-likeness (QED) is 0.0645. The summed E-state index contributed by atoms with van der Waals surface area (Å²) >= 11 is 4.64. The summed E-state index contributed by atoms with van der Waals surface area (Å²) < 4.78 is 5.81. The Morgan fingerprint density at radius 3 is 2.37 bits per heavy atom. The Morgan fingerprint density at radius 1 is 1.04 bits per heavy atom. The highest BCUT2D eigenvalue weighted by atomic mass is 35.5. The lowest BCUT2D eigenvalue weighted by Gasteiger charge is -2.31. The molecule has 0 bridgehead atoms. The van der Waals surface area contributed by atoms with Crippen molar-refractivity contribution in [3.05, 3.63) is 71.6 Å². The van der Waals surface area contributed by atoms with E-state index in [1.54, 1.807) is 0 Å². The zero-order valence-corrected chi connectivity index (χ0v) is 29.0. The second kappa shape index (κ2) is 25.5. The molecular weight excluding hydrogens is 600 g/mol. The smallest absolute Gasteiger partial charge is 0.167 e. The number of rotatable bonds is 13. The van der Waals surface area contributed by atoms with Crippen molar-refractivity contribution in [2.75, 3.05) is 45.5 Å². The number of benzene rings is 2. The summed E-state index contributed by atoms with van der Waals surface area (Å²) in [6, 6.07) is 18.5. The molecule has 9 nitrogen and oxygen atoms in total. The highest BCUT2D eigenvalue weighted by Gasteiger charge is 2.24. The number of hydrogen-bond acceptors (Lipinski definition) is 9. The van der Waals surface area contributed by atoms with Gasteiger partial charge in [-0.25, -0.2) is 0 Å². The molecule has 4 rings (SSSR count). The molecule has 2 fully saturated rings. The Balaban J connectivity index is 0.000000749. The van der Waals surface area contributed by atoms with Crippen LogP contribution in [0.15, 0.2) is 76.2 Å². The second-order valence-corrected chi connectivity index (χ2v) is 11.0. The predicted molar refractivity (Wildman–Crippen MR) is 194 cm³/mol. The molecule has 1 heterocycles. The van der Waals surface area contributed by atoms with Crippen LogP contribution in [-0.4, -0.2) is 71.7 Å². The first-order valence-electron chi connectivity index (χ1n) is 16.1. The molecule has 4 N–H and O–H groups in total. The first-order valence-corrected chi connectivity index (χ1v) is 16.8. The highest BCUT2D eigenvalue weighted by Crippen LogP contribution is 2.33. The standard InChI is InChI=1S/C27H41N5O2.C7H9N.CH3Cl.CH2O/c1-4-34-27-11-6-5-10-23(27)24(32-29-3)13-12-20-8-7-9-21(16-20)18-31-26(19-33)25-17-22(28-2)14-15-30-25;1-8-7-5-3-2-4-6-7;2*1-2/h5-6,10-11,19-22,28,30-31H,3-4,7-9,12-18H2,1-2H3;2-6,8H,1H3;1H3;1H2/b26-25+,32-24+;;;. The van der Waals surface area contributed by atoms with Crippen molar-refractivity contribution < 1.29 is 14.3 Å². The third kappa shape index (κ3) is 14.6. The van der Waals surface area contributed by atoms with Crippen LogP contribution in [0.5, 0.6) is 5.75 Å². The normalized spacial score (nSPS) is 19.9. The number of allylic oxidation sites excluding steroid dienone is 1.